The van der Waals surface area contributed by atoms with E-state index in [1.807, 2.05) is 12.3 Å². The highest BCUT2D eigenvalue weighted by molar-refractivity contribution is 5.92. The second-order valence-electron chi connectivity index (χ2n) is 5.88. The van der Waals surface area contributed by atoms with E-state index in [9.17, 15) is 4.79 Å². The molecule has 0 spiro atoms. The molecular formula is C14H22N4O2. The number of carbonyl (C=O) groups excluding carboxylic acids is 1. The van der Waals surface area contributed by atoms with Crippen LogP contribution in [0.15, 0.2) is 12.3 Å². The van der Waals surface area contributed by atoms with Crippen LogP contribution in [-0.2, 0) is 16.1 Å². The Bertz CT molecular complexity index is 485. The Morgan fingerprint density at radius 1 is 1.55 bits per heavy atom. The van der Waals surface area contributed by atoms with Crippen LogP contribution in [0.5, 0.6) is 0 Å². The van der Waals surface area contributed by atoms with Crippen molar-refractivity contribution in [3.8, 4) is 0 Å². The zero-order valence-electron chi connectivity index (χ0n) is 11.8. The number of nitrogens with one attached hydrogen (secondary N) is 1. The van der Waals surface area contributed by atoms with Crippen LogP contribution in [0.3, 0.4) is 0 Å². The summed E-state index contributed by atoms with van der Waals surface area (Å²) in [6.45, 7) is 1.28. The van der Waals surface area contributed by atoms with Crippen LogP contribution >= 0.6 is 0 Å². The Hall–Kier alpha value is -1.40. The van der Waals surface area contributed by atoms with Gasteiger partial charge < -0.3 is 15.8 Å². The second-order valence-corrected chi connectivity index (χ2v) is 5.88. The van der Waals surface area contributed by atoms with Gasteiger partial charge in [0.05, 0.1) is 19.1 Å². The molecule has 0 saturated heterocycles. The summed E-state index contributed by atoms with van der Waals surface area (Å²) in [5.74, 6) is 1.58. The molecule has 6 nitrogen and oxygen atoms in total. The van der Waals surface area contributed by atoms with E-state index < -0.39 is 0 Å². The summed E-state index contributed by atoms with van der Waals surface area (Å²) in [6, 6.07) is 1.83. The maximum absolute atomic E-state index is 12.4. The van der Waals surface area contributed by atoms with Crippen LogP contribution in [0, 0.1) is 17.8 Å². The highest BCUT2D eigenvalue weighted by Crippen LogP contribution is 2.47. The molecule has 20 heavy (non-hydrogen) atoms. The van der Waals surface area contributed by atoms with Gasteiger partial charge in [0.25, 0.3) is 0 Å². The highest BCUT2D eigenvalue weighted by atomic mass is 16.5. The average molecular weight is 278 g/mol. The van der Waals surface area contributed by atoms with E-state index in [-0.39, 0.29) is 17.9 Å². The summed E-state index contributed by atoms with van der Waals surface area (Å²) in [5.41, 5.74) is 6.19. The zero-order chi connectivity index (χ0) is 14.1. The van der Waals surface area contributed by atoms with E-state index in [4.69, 9.17) is 10.5 Å². The summed E-state index contributed by atoms with van der Waals surface area (Å²) in [6.07, 6.45) is 5.27. The molecule has 1 aromatic rings. The quantitative estimate of drug-likeness (QED) is 0.836. The lowest BCUT2D eigenvalue weighted by atomic mass is 9.84. The predicted octanol–water partition coefficient (Wildman–Crippen LogP) is 0.841. The number of anilines is 1. The average Bonchev–Trinajstić information content (AvgIpc) is 3.12. The molecule has 2 fully saturated rings. The van der Waals surface area contributed by atoms with E-state index in [2.05, 4.69) is 10.4 Å². The molecule has 2 aliphatic carbocycles. The van der Waals surface area contributed by atoms with E-state index in [0.717, 1.165) is 12.8 Å². The van der Waals surface area contributed by atoms with Crippen molar-refractivity contribution in [2.45, 2.75) is 31.8 Å². The Morgan fingerprint density at radius 2 is 2.35 bits per heavy atom. The van der Waals surface area contributed by atoms with Gasteiger partial charge in [0, 0.05) is 25.4 Å². The molecule has 1 amide bonds. The van der Waals surface area contributed by atoms with Crippen molar-refractivity contribution in [3.05, 3.63) is 12.3 Å². The van der Waals surface area contributed by atoms with E-state index in [1.165, 1.54) is 6.42 Å². The van der Waals surface area contributed by atoms with E-state index in [1.54, 1.807) is 11.8 Å². The van der Waals surface area contributed by atoms with Gasteiger partial charge in [-0.25, -0.2) is 0 Å². The first-order chi connectivity index (χ1) is 9.69. The summed E-state index contributed by atoms with van der Waals surface area (Å²) in [4.78, 5) is 12.4. The van der Waals surface area contributed by atoms with Crippen molar-refractivity contribution in [2.24, 2.45) is 23.5 Å². The van der Waals surface area contributed by atoms with Crippen LogP contribution in [0.25, 0.3) is 0 Å². The molecule has 2 saturated carbocycles. The third-order valence-corrected chi connectivity index (χ3v) is 4.70. The van der Waals surface area contributed by atoms with Crippen LogP contribution in [-0.4, -0.2) is 35.4 Å². The Labute approximate surface area is 118 Å². The van der Waals surface area contributed by atoms with Gasteiger partial charge in [-0.15, -0.1) is 0 Å². The van der Waals surface area contributed by atoms with Gasteiger partial charge in [0.15, 0.2) is 5.82 Å². The molecule has 2 bridgehead atoms. The number of hydrogen-bond acceptors (Lipinski definition) is 4. The first kappa shape index (κ1) is 13.6. The van der Waals surface area contributed by atoms with Crippen molar-refractivity contribution in [1.82, 2.24) is 9.78 Å². The lowest BCUT2D eigenvalue weighted by Crippen LogP contribution is -2.42. The fourth-order valence-corrected chi connectivity index (χ4v) is 3.67. The van der Waals surface area contributed by atoms with Crippen LogP contribution in [0.4, 0.5) is 5.82 Å². The van der Waals surface area contributed by atoms with E-state index >= 15 is 0 Å². The van der Waals surface area contributed by atoms with Crippen molar-refractivity contribution in [2.75, 3.05) is 19.0 Å². The third kappa shape index (κ3) is 2.45. The minimum Gasteiger partial charge on any atom is -0.383 e. The number of hydrogen-bond donors (Lipinski definition) is 2. The number of nitrogens with two attached hydrogens (primary N) is 1. The van der Waals surface area contributed by atoms with Gasteiger partial charge in [-0.3, -0.25) is 9.48 Å². The van der Waals surface area contributed by atoms with Gasteiger partial charge in [0.2, 0.25) is 5.91 Å². The highest BCUT2D eigenvalue weighted by Gasteiger charge is 2.49. The maximum Gasteiger partial charge on any atom is 0.230 e. The molecule has 110 valence electrons. The number of amides is 1. The normalized spacial score (nSPS) is 31.7. The third-order valence-electron chi connectivity index (χ3n) is 4.70. The van der Waals surface area contributed by atoms with Crippen molar-refractivity contribution < 1.29 is 9.53 Å². The standard InChI is InChI=1S/C14H22N4O2/c1-20-7-6-18-5-4-11(17-18)16-14(19)12-9-2-3-10(8-9)13(12)15/h4-5,9-10,12-13H,2-3,6-8,15H2,1H3,(H,16,17,19). The fourth-order valence-electron chi connectivity index (χ4n) is 3.67. The number of methoxy groups -OCH3 is 1. The Kier molecular flexibility index (Phi) is 3.76. The number of nitrogens with zero attached hydrogens (tertiary/aromatic N) is 2. The van der Waals surface area contributed by atoms with Crippen molar-refractivity contribution >= 4 is 11.7 Å². The molecule has 0 aromatic carbocycles. The minimum absolute atomic E-state index is 0.0179. The summed E-state index contributed by atoms with van der Waals surface area (Å²) in [5, 5.41) is 7.21. The number of fused-ring (bicyclic) bond motifs is 2. The molecule has 2 aliphatic rings. The van der Waals surface area contributed by atoms with Crippen LogP contribution in [0.1, 0.15) is 19.3 Å². The summed E-state index contributed by atoms with van der Waals surface area (Å²) < 4.78 is 6.76. The van der Waals surface area contributed by atoms with Gasteiger partial charge in [-0.1, -0.05) is 0 Å². The molecule has 0 radical (unpaired) electrons. The van der Waals surface area contributed by atoms with Crippen molar-refractivity contribution in [3.63, 3.8) is 0 Å². The summed E-state index contributed by atoms with van der Waals surface area (Å²) >= 11 is 0. The molecule has 6 heteroatoms. The topological polar surface area (TPSA) is 82.2 Å². The SMILES string of the molecule is COCCn1ccc(NC(=O)C2C3CCC(C3)C2N)n1. The Morgan fingerprint density at radius 3 is 3.05 bits per heavy atom. The molecule has 0 aliphatic heterocycles. The number of carbonyl (C=O) groups is 1. The fraction of sp³-hybridized carbons (Fsp3) is 0.714. The lowest BCUT2D eigenvalue weighted by molar-refractivity contribution is -0.121. The monoisotopic (exact) mass is 278 g/mol. The molecule has 4 atom stereocenters. The smallest absolute Gasteiger partial charge is 0.230 e. The predicted molar refractivity (Wildman–Crippen MR) is 75.0 cm³/mol. The number of ether oxygens (including phenoxy) is 1. The molecule has 1 heterocycles. The first-order valence-electron chi connectivity index (χ1n) is 7.28. The lowest BCUT2D eigenvalue weighted by Gasteiger charge is -2.26. The first-order valence-corrected chi connectivity index (χ1v) is 7.28. The molecule has 3 rings (SSSR count). The van der Waals surface area contributed by atoms with Crippen LogP contribution in [0.2, 0.25) is 0 Å². The van der Waals surface area contributed by atoms with Gasteiger partial charge in [-0.05, 0) is 31.1 Å². The molecule has 4 unspecified atom stereocenters. The van der Waals surface area contributed by atoms with Crippen molar-refractivity contribution in [1.29, 1.82) is 0 Å². The van der Waals surface area contributed by atoms with Gasteiger partial charge in [0.1, 0.15) is 0 Å². The Balaban J connectivity index is 1.60. The van der Waals surface area contributed by atoms with E-state index in [0.29, 0.717) is 30.8 Å². The second kappa shape index (κ2) is 5.54. The summed E-state index contributed by atoms with van der Waals surface area (Å²) in [7, 11) is 1.66. The maximum atomic E-state index is 12.4. The molecule has 3 N–H and O–H groups in total. The zero-order valence-corrected chi connectivity index (χ0v) is 11.8. The number of rotatable bonds is 5. The number of aromatic nitrogens is 2. The molecule has 1 aromatic heterocycles. The largest absolute Gasteiger partial charge is 0.383 e. The molecular weight excluding hydrogens is 256 g/mol. The van der Waals surface area contributed by atoms with Gasteiger partial charge in [-0.2, -0.15) is 5.10 Å². The van der Waals surface area contributed by atoms with Crippen LogP contribution < -0.4 is 11.1 Å². The van der Waals surface area contributed by atoms with Gasteiger partial charge >= 0.3 is 0 Å². The minimum atomic E-state index is -0.0436.